The van der Waals surface area contributed by atoms with Crippen LogP contribution in [0.15, 0.2) is 0 Å². The van der Waals surface area contributed by atoms with Gasteiger partial charge in [-0.3, -0.25) is 0 Å². The van der Waals surface area contributed by atoms with E-state index in [1.54, 1.807) is 0 Å². The summed E-state index contributed by atoms with van der Waals surface area (Å²) in [5, 5.41) is 0. The van der Waals surface area contributed by atoms with Crippen LogP contribution in [-0.4, -0.2) is 23.1 Å². The Balaban J connectivity index is -0.000000262. The van der Waals surface area contributed by atoms with Crippen LogP contribution < -0.4 is 0 Å². The van der Waals surface area contributed by atoms with Crippen LogP contribution in [0.1, 0.15) is 104 Å². The van der Waals surface area contributed by atoms with Gasteiger partial charge in [0.05, 0.1) is 0 Å². The standard InChI is InChI=1S/C10H21.C8H17.Mg/c1-3-5-7-9-10-8-6-4-2;1-3-5-7-8-6-4-2;/h1,3-10H2,2H3;1,3-8H2,2H3;/q2*-1;+2. The Hall–Kier alpha value is 0.766. The van der Waals surface area contributed by atoms with E-state index in [0.717, 1.165) is 12.8 Å². The van der Waals surface area contributed by atoms with Gasteiger partial charge in [0.1, 0.15) is 0 Å². The molecule has 0 aliphatic heterocycles. The van der Waals surface area contributed by atoms with Gasteiger partial charge >= 0.3 is 23.1 Å². The molecule has 0 aromatic carbocycles. The normalized spacial score (nSPS) is 9.47. The van der Waals surface area contributed by atoms with Crippen molar-refractivity contribution in [3.05, 3.63) is 13.8 Å². The van der Waals surface area contributed by atoms with Crippen LogP contribution >= 0.6 is 0 Å². The Morgan fingerprint density at radius 1 is 0.474 bits per heavy atom. The van der Waals surface area contributed by atoms with Gasteiger partial charge in [0.15, 0.2) is 0 Å². The minimum absolute atomic E-state index is 0. The van der Waals surface area contributed by atoms with Gasteiger partial charge in [-0.05, 0) is 0 Å². The molecule has 0 N–H and O–H groups in total. The van der Waals surface area contributed by atoms with E-state index in [-0.39, 0.29) is 23.1 Å². The molecular formula is C18H38Mg. The van der Waals surface area contributed by atoms with E-state index >= 15 is 0 Å². The monoisotopic (exact) mass is 278 g/mol. The quantitative estimate of drug-likeness (QED) is 0.210. The Morgan fingerprint density at radius 3 is 1.00 bits per heavy atom. The first-order valence-corrected chi connectivity index (χ1v) is 8.41. The second kappa shape index (κ2) is 27.2. The third kappa shape index (κ3) is 32.4. The zero-order valence-corrected chi connectivity index (χ0v) is 15.4. The molecule has 0 radical (unpaired) electrons. The maximum absolute atomic E-state index is 3.82. The fraction of sp³-hybridized carbons (Fsp3) is 0.889. The molecule has 0 atom stereocenters. The van der Waals surface area contributed by atoms with E-state index in [1.807, 2.05) is 0 Å². The maximum atomic E-state index is 3.82. The summed E-state index contributed by atoms with van der Waals surface area (Å²) in [5.74, 6) is 0. The molecule has 0 spiro atoms. The van der Waals surface area contributed by atoms with Gasteiger partial charge < -0.3 is 13.8 Å². The zero-order valence-electron chi connectivity index (χ0n) is 14.0. The van der Waals surface area contributed by atoms with Crippen molar-refractivity contribution < 1.29 is 0 Å². The molecule has 0 unspecified atom stereocenters. The second-order valence-corrected chi connectivity index (χ2v) is 5.24. The van der Waals surface area contributed by atoms with Crippen LogP contribution in [0.4, 0.5) is 0 Å². The minimum Gasteiger partial charge on any atom is -0.343 e. The smallest absolute Gasteiger partial charge is 0.343 e. The van der Waals surface area contributed by atoms with E-state index in [2.05, 4.69) is 27.7 Å². The summed E-state index contributed by atoms with van der Waals surface area (Å²) < 4.78 is 0. The van der Waals surface area contributed by atoms with Crippen molar-refractivity contribution in [3.8, 4) is 0 Å². The summed E-state index contributed by atoms with van der Waals surface area (Å²) in [4.78, 5) is 0. The SMILES string of the molecule is [CH2-]CCCCCCC.[CH2-]CCCCCCCCC.[Mg+2]. The molecule has 112 valence electrons. The molecule has 0 saturated carbocycles. The predicted octanol–water partition coefficient (Wildman–Crippen LogP) is 6.76. The molecule has 0 aliphatic carbocycles. The van der Waals surface area contributed by atoms with Gasteiger partial charge in [-0.25, -0.2) is 0 Å². The molecule has 0 aromatic rings. The predicted molar refractivity (Wildman–Crippen MR) is 92.5 cm³/mol. The molecule has 1 heteroatoms. The van der Waals surface area contributed by atoms with Crippen LogP contribution in [0.2, 0.25) is 0 Å². The summed E-state index contributed by atoms with van der Waals surface area (Å²) in [6.45, 7) is 12.1. The van der Waals surface area contributed by atoms with Gasteiger partial charge in [-0.1, -0.05) is 90.9 Å². The largest absolute Gasteiger partial charge is 2.00 e. The van der Waals surface area contributed by atoms with Gasteiger partial charge in [-0.15, -0.1) is 0 Å². The molecule has 19 heavy (non-hydrogen) atoms. The van der Waals surface area contributed by atoms with Crippen LogP contribution in [0.3, 0.4) is 0 Å². The Bertz CT molecular complexity index is 98.3. The fourth-order valence-corrected chi connectivity index (χ4v) is 1.91. The molecule has 0 rings (SSSR count). The first kappa shape index (κ1) is 24.8. The molecule has 0 nitrogen and oxygen atoms in total. The minimum atomic E-state index is 0. The van der Waals surface area contributed by atoms with Crippen molar-refractivity contribution >= 4 is 23.1 Å². The topological polar surface area (TPSA) is 0 Å². The molecule has 0 bridgehead atoms. The molecule has 0 heterocycles. The molecule has 0 aliphatic rings. The van der Waals surface area contributed by atoms with Crippen LogP contribution in [-0.2, 0) is 0 Å². The number of hydrogen-bond donors (Lipinski definition) is 0. The zero-order chi connectivity index (χ0) is 13.9. The van der Waals surface area contributed by atoms with E-state index < -0.39 is 0 Å². The van der Waals surface area contributed by atoms with Crippen molar-refractivity contribution in [2.75, 3.05) is 0 Å². The van der Waals surface area contributed by atoms with Crippen LogP contribution in [0.5, 0.6) is 0 Å². The van der Waals surface area contributed by atoms with Crippen molar-refractivity contribution in [2.45, 2.75) is 104 Å². The Kier molecular flexibility index (Phi) is 35.4. The van der Waals surface area contributed by atoms with Crippen molar-refractivity contribution in [1.29, 1.82) is 0 Å². The van der Waals surface area contributed by atoms with Crippen molar-refractivity contribution in [1.82, 2.24) is 0 Å². The van der Waals surface area contributed by atoms with E-state index in [9.17, 15) is 0 Å². The third-order valence-corrected chi connectivity index (χ3v) is 3.21. The number of rotatable bonds is 12. The Morgan fingerprint density at radius 2 is 0.737 bits per heavy atom. The van der Waals surface area contributed by atoms with E-state index in [4.69, 9.17) is 0 Å². The molecule has 0 fully saturated rings. The first-order chi connectivity index (χ1) is 8.83. The maximum Gasteiger partial charge on any atom is 2.00 e. The average molecular weight is 279 g/mol. The van der Waals surface area contributed by atoms with Crippen LogP contribution in [0, 0.1) is 13.8 Å². The van der Waals surface area contributed by atoms with Gasteiger partial charge in [0.25, 0.3) is 0 Å². The van der Waals surface area contributed by atoms with Crippen LogP contribution in [0.25, 0.3) is 0 Å². The first-order valence-electron chi connectivity index (χ1n) is 8.41. The van der Waals surface area contributed by atoms with Gasteiger partial charge in [0, 0.05) is 0 Å². The number of hydrogen-bond acceptors (Lipinski definition) is 0. The molecule has 0 aromatic heterocycles. The molecule has 0 saturated heterocycles. The number of unbranched alkanes of at least 4 members (excludes halogenated alkanes) is 12. The van der Waals surface area contributed by atoms with Crippen molar-refractivity contribution in [3.63, 3.8) is 0 Å². The fourth-order valence-electron chi connectivity index (χ4n) is 1.91. The van der Waals surface area contributed by atoms with E-state index in [1.165, 1.54) is 77.0 Å². The molecular weight excluding hydrogens is 241 g/mol. The third-order valence-electron chi connectivity index (χ3n) is 3.21. The summed E-state index contributed by atoms with van der Waals surface area (Å²) in [7, 11) is 0. The summed E-state index contributed by atoms with van der Waals surface area (Å²) in [6, 6.07) is 0. The summed E-state index contributed by atoms with van der Waals surface area (Å²) in [6.07, 6.45) is 18.9. The summed E-state index contributed by atoms with van der Waals surface area (Å²) in [5.41, 5.74) is 0. The van der Waals surface area contributed by atoms with Gasteiger partial charge in [0.2, 0.25) is 0 Å². The Labute approximate surface area is 140 Å². The van der Waals surface area contributed by atoms with E-state index in [0.29, 0.717) is 0 Å². The molecule has 0 amide bonds. The second-order valence-electron chi connectivity index (χ2n) is 5.24. The van der Waals surface area contributed by atoms with Crippen molar-refractivity contribution in [2.24, 2.45) is 0 Å². The van der Waals surface area contributed by atoms with Gasteiger partial charge in [-0.2, -0.15) is 12.8 Å². The summed E-state index contributed by atoms with van der Waals surface area (Å²) >= 11 is 0. The average Bonchev–Trinajstić information content (AvgIpc) is 2.40.